The molecule has 1 aliphatic heterocycles. The van der Waals surface area contributed by atoms with Crippen molar-refractivity contribution in [2.24, 2.45) is 5.92 Å². The fraction of sp³-hybridized carbons (Fsp3) is 0.429. The molecule has 2 atom stereocenters. The third kappa shape index (κ3) is 4.70. The number of para-hydroxylation sites is 2. The van der Waals surface area contributed by atoms with Gasteiger partial charge in [-0.15, -0.1) is 0 Å². The van der Waals surface area contributed by atoms with Gasteiger partial charge in [-0.1, -0.05) is 12.1 Å². The molecule has 0 radical (unpaired) electrons. The zero-order valence-corrected chi connectivity index (χ0v) is 17.4. The number of rotatable bonds is 7. The van der Waals surface area contributed by atoms with Gasteiger partial charge in [0, 0.05) is 25.5 Å². The van der Waals surface area contributed by atoms with Gasteiger partial charge in [0.1, 0.15) is 5.82 Å². The van der Waals surface area contributed by atoms with Crippen LogP contribution in [0.5, 0.6) is 0 Å². The summed E-state index contributed by atoms with van der Waals surface area (Å²) in [5.74, 6) is 2.48. The molecule has 29 heavy (non-hydrogen) atoms. The van der Waals surface area contributed by atoms with Gasteiger partial charge in [-0.25, -0.2) is 15.0 Å². The highest BCUT2D eigenvalue weighted by Crippen LogP contribution is 2.24. The fourth-order valence-electron chi connectivity index (χ4n) is 3.77. The van der Waals surface area contributed by atoms with E-state index in [4.69, 9.17) is 4.98 Å². The van der Waals surface area contributed by atoms with E-state index < -0.39 is 0 Å². The maximum atomic E-state index is 13.1. The van der Waals surface area contributed by atoms with Gasteiger partial charge in [-0.2, -0.15) is 11.8 Å². The predicted octanol–water partition coefficient (Wildman–Crippen LogP) is 3.18. The summed E-state index contributed by atoms with van der Waals surface area (Å²) < 4.78 is 0. The van der Waals surface area contributed by atoms with Crippen molar-refractivity contribution in [2.75, 3.05) is 30.0 Å². The first-order chi connectivity index (χ1) is 14.2. The Balaban J connectivity index is 1.47. The molecule has 3 heterocycles. The lowest BCUT2D eigenvalue weighted by Crippen LogP contribution is -2.44. The highest BCUT2D eigenvalue weighted by atomic mass is 32.2. The number of aromatic amines is 1. The van der Waals surface area contributed by atoms with Gasteiger partial charge in [-0.05, 0) is 49.5 Å². The molecule has 1 amide bonds. The topological polar surface area (TPSA) is 86.8 Å². The molecular weight excluding hydrogens is 384 g/mol. The quantitative estimate of drug-likeness (QED) is 0.622. The smallest absolute Gasteiger partial charge is 0.225 e. The highest BCUT2D eigenvalue weighted by Gasteiger charge is 2.29. The van der Waals surface area contributed by atoms with Crippen LogP contribution in [0, 0.1) is 5.92 Å². The number of aromatic nitrogens is 4. The summed E-state index contributed by atoms with van der Waals surface area (Å²) in [6.07, 6.45) is 8.24. The number of H-pyrrole nitrogens is 1. The van der Waals surface area contributed by atoms with E-state index in [0.717, 1.165) is 48.4 Å². The number of carbonyl (C=O) groups is 1. The van der Waals surface area contributed by atoms with Crippen LogP contribution in [-0.4, -0.2) is 50.9 Å². The lowest BCUT2D eigenvalue weighted by atomic mass is 9.97. The number of hydrogen-bond acceptors (Lipinski definition) is 6. The number of fused-ring (bicyclic) bond motifs is 1. The van der Waals surface area contributed by atoms with Crippen molar-refractivity contribution in [3.8, 4) is 0 Å². The van der Waals surface area contributed by atoms with E-state index >= 15 is 0 Å². The number of hydrogen-bond donors (Lipinski definition) is 2. The summed E-state index contributed by atoms with van der Waals surface area (Å²) in [5, 5.41) is 3.26. The van der Waals surface area contributed by atoms with Crippen molar-refractivity contribution in [2.45, 2.75) is 25.3 Å². The molecular formula is C21H26N6OS. The monoisotopic (exact) mass is 410 g/mol. The molecule has 0 spiro atoms. The van der Waals surface area contributed by atoms with Gasteiger partial charge in [0.25, 0.3) is 0 Å². The van der Waals surface area contributed by atoms with Crippen LogP contribution in [0.4, 0.5) is 5.95 Å². The molecule has 1 fully saturated rings. The summed E-state index contributed by atoms with van der Waals surface area (Å²) in [5.41, 5.74) is 1.92. The van der Waals surface area contributed by atoms with Crippen LogP contribution in [-0.2, 0) is 4.79 Å². The van der Waals surface area contributed by atoms with Crippen LogP contribution >= 0.6 is 11.8 Å². The normalized spacial score (nSPS) is 18.0. The van der Waals surface area contributed by atoms with Gasteiger partial charge in [0.05, 0.1) is 23.0 Å². The van der Waals surface area contributed by atoms with Crippen LogP contribution in [0.2, 0.25) is 0 Å². The maximum absolute atomic E-state index is 13.1. The van der Waals surface area contributed by atoms with Gasteiger partial charge < -0.3 is 15.2 Å². The van der Waals surface area contributed by atoms with Crippen LogP contribution in [0.1, 0.15) is 31.1 Å². The summed E-state index contributed by atoms with van der Waals surface area (Å²) in [6.45, 7) is 1.53. The molecule has 152 valence electrons. The summed E-state index contributed by atoms with van der Waals surface area (Å²) in [4.78, 5) is 32.0. The van der Waals surface area contributed by atoms with E-state index in [1.165, 1.54) is 0 Å². The molecule has 8 heteroatoms. The van der Waals surface area contributed by atoms with Crippen LogP contribution in [0.25, 0.3) is 11.0 Å². The van der Waals surface area contributed by atoms with Crippen molar-refractivity contribution in [3.63, 3.8) is 0 Å². The summed E-state index contributed by atoms with van der Waals surface area (Å²) in [6, 6.07) is 9.65. The van der Waals surface area contributed by atoms with Crippen molar-refractivity contribution < 1.29 is 4.79 Å². The molecule has 1 aliphatic rings. The van der Waals surface area contributed by atoms with Crippen molar-refractivity contribution in [1.29, 1.82) is 0 Å². The Morgan fingerprint density at radius 1 is 1.31 bits per heavy atom. The molecule has 2 N–H and O–H groups in total. The van der Waals surface area contributed by atoms with Gasteiger partial charge in [0.2, 0.25) is 11.9 Å². The van der Waals surface area contributed by atoms with Crippen LogP contribution in [0.15, 0.2) is 42.7 Å². The van der Waals surface area contributed by atoms with E-state index in [9.17, 15) is 4.79 Å². The third-order valence-corrected chi connectivity index (χ3v) is 5.94. The molecule has 0 saturated carbocycles. The average Bonchev–Trinajstić information content (AvgIpc) is 3.21. The second-order valence-electron chi connectivity index (χ2n) is 7.32. The zero-order chi connectivity index (χ0) is 20.1. The van der Waals surface area contributed by atoms with Gasteiger partial charge >= 0.3 is 0 Å². The standard InChI is InChI=1S/C21H26N6OS/c1-29-13-9-18(19-24-16-7-2-3-8-17(16)25-19)26-20(28)15-6-4-12-27(14-15)21-22-10-5-11-23-21/h2-3,5,7-8,10-11,15,18H,4,6,9,12-14H2,1H3,(H,24,25)(H,26,28)/t15-,18+/m1/s1. The SMILES string of the molecule is CSCC[C@H](NC(=O)[C@@H]1CCCN(c2ncccn2)C1)c1nc2ccccc2[nH]1. The minimum absolute atomic E-state index is 0.0753. The summed E-state index contributed by atoms with van der Waals surface area (Å²) >= 11 is 1.77. The molecule has 0 unspecified atom stereocenters. The minimum Gasteiger partial charge on any atom is -0.346 e. The largest absolute Gasteiger partial charge is 0.346 e. The molecule has 0 aliphatic carbocycles. The Kier molecular flexibility index (Phi) is 6.29. The number of nitrogens with one attached hydrogen (secondary N) is 2. The minimum atomic E-state index is -0.120. The highest BCUT2D eigenvalue weighted by molar-refractivity contribution is 7.98. The molecule has 1 saturated heterocycles. The number of imidazole rings is 1. The zero-order valence-electron chi connectivity index (χ0n) is 16.5. The number of carbonyl (C=O) groups excluding carboxylic acids is 1. The fourth-order valence-corrected chi connectivity index (χ4v) is 4.24. The number of piperidine rings is 1. The predicted molar refractivity (Wildman–Crippen MR) is 117 cm³/mol. The van der Waals surface area contributed by atoms with Crippen molar-refractivity contribution >= 4 is 34.7 Å². The summed E-state index contributed by atoms with van der Waals surface area (Å²) in [7, 11) is 0. The van der Waals surface area contributed by atoms with Gasteiger partial charge in [0.15, 0.2) is 0 Å². The second-order valence-corrected chi connectivity index (χ2v) is 8.30. The first-order valence-electron chi connectivity index (χ1n) is 10.0. The molecule has 1 aromatic carbocycles. The first-order valence-corrected chi connectivity index (χ1v) is 11.4. The second kappa shape index (κ2) is 9.26. The Morgan fingerprint density at radius 2 is 2.14 bits per heavy atom. The number of thioether (sulfide) groups is 1. The van der Waals surface area contributed by atoms with Crippen LogP contribution < -0.4 is 10.2 Å². The Labute approximate surface area is 174 Å². The Morgan fingerprint density at radius 3 is 2.93 bits per heavy atom. The molecule has 7 nitrogen and oxygen atoms in total. The van der Waals surface area contributed by atoms with E-state index in [2.05, 4.69) is 31.4 Å². The third-order valence-electron chi connectivity index (χ3n) is 5.29. The van der Waals surface area contributed by atoms with Gasteiger partial charge in [-0.3, -0.25) is 4.79 Å². The lowest BCUT2D eigenvalue weighted by molar-refractivity contribution is -0.126. The van der Waals surface area contributed by atoms with Crippen molar-refractivity contribution in [3.05, 3.63) is 48.5 Å². The van der Waals surface area contributed by atoms with E-state index in [1.807, 2.05) is 24.3 Å². The number of benzene rings is 1. The van der Waals surface area contributed by atoms with E-state index in [0.29, 0.717) is 12.5 Å². The van der Waals surface area contributed by atoms with Crippen LogP contribution in [0.3, 0.4) is 0 Å². The molecule has 2 aromatic heterocycles. The lowest BCUT2D eigenvalue weighted by Gasteiger charge is -2.32. The van der Waals surface area contributed by atoms with E-state index in [-0.39, 0.29) is 17.9 Å². The average molecular weight is 411 g/mol. The maximum Gasteiger partial charge on any atom is 0.225 e. The van der Waals surface area contributed by atoms with Crippen molar-refractivity contribution in [1.82, 2.24) is 25.3 Å². The number of anilines is 1. The van der Waals surface area contributed by atoms with E-state index in [1.54, 1.807) is 30.2 Å². The number of amides is 1. The molecule has 0 bridgehead atoms. The Bertz CT molecular complexity index is 914. The molecule has 4 rings (SSSR count). The Hall–Kier alpha value is -2.61. The number of nitrogens with zero attached hydrogens (tertiary/aromatic N) is 4. The first kappa shape index (κ1) is 19.7. The molecule has 3 aromatic rings.